The molecule has 17 heavy (non-hydrogen) atoms. The van der Waals surface area contributed by atoms with Crippen LogP contribution in [0, 0.1) is 0 Å². The van der Waals surface area contributed by atoms with Crippen molar-refractivity contribution in [1.29, 1.82) is 0 Å². The maximum atomic E-state index is 5.95. The predicted molar refractivity (Wildman–Crippen MR) is 76.0 cm³/mol. The highest BCUT2D eigenvalue weighted by Gasteiger charge is 2.16. The molecule has 2 aromatic heterocycles. The van der Waals surface area contributed by atoms with Crippen LogP contribution in [0.3, 0.4) is 0 Å². The number of aromatic nitrogens is 1. The number of hydrogen-bond donors (Lipinski definition) is 1. The molecule has 0 radical (unpaired) electrons. The molecule has 0 aliphatic heterocycles. The maximum Gasteiger partial charge on any atom is 0.109 e. The second-order valence-corrected chi connectivity index (χ2v) is 6.53. The molecule has 0 aliphatic carbocycles. The molecule has 2 aromatic rings. The summed E-state index contributed by atoms with van der Waals surface area (Å²) in [5.41, 5.74) is 0. The van der Waals surface area contributed by atoms with E-state index < -0.39 is 0 Å². The van der Waals surface area contributed by atoms with Crippen LogP contribution in [-0.4, -0.2) is 4.98 Å². The first-order chi connectivity index (χ1) is 8.20. The summed E-state index contributed by atoms with van der Waals surface area (Å²) in [4.78, 5) is 5.64. The van der Waals surface area contributed by atoms with Crippen LogP contribution in [0.5, 0.6) is 0 Å². The minimum atomic E-state index is 0.307. The Labute approximate surface area is 115 Å². The average Bonchev–Trinajstić information content (AvgIpc) is 2.96. The molecule has 0 amide bonds. The maximum absolute atomic E-state index is 5.95. The van der Waals surface area contributed by atoms with E-state index in [4.69, 9.17) is 11.6 Å². The normalized spacial score (nSPS) is 14.8. The van der Waals surface area contributed by atoms with Crippen LogP contribution in [0.4, 0.5) is 0 Å². The third-order valence-electron chi connectivity index (χ3n) is 2.63. The van der Waals surface area contributed by atoms with Gasteiger partial charge in [-0.25, -0.2) is 4.98 Å². The van der Waals surface area contributed by atoms with E-state index in [1.54, 1.807) is 22.7 Å². The van der Waals surface area contributed by atoms with Crippen LogP contribution in [0.2, 0.25) is 4.34 Å². The molecule has 2 unspecified atom stereocenters. The monoisotopic (exact) mass is 286 g/mol. The summed E-state index contributed by atoms with van der Waals surface area (Å²) in [6.45, 7) is 4.34. The number of hydrogen-bond acceptors (Lipinski definition) is 4. The highest BCUT2D eigenvalue weighted by molar-refractivity contribution is 7.16. The van der Waals surface area contributed by atoms with Gasteiger partial charge >= 0.3 is 0 Å². The van der Waals surface area contributed by atoms with Crippen molar-refractivity contribution in [2.45, 2.75) is 32.4 Å². The van der Waals surface area contributed by atoms with Gasteiger partial charge in [-0.15, -0.1) is 22.7 Å². The smallest absolute Gasteiger partial charge is 0.109 e. The Kier molecular flexibility index (Phi) is 4.56. The van der Waals surface area contributed by atoms with Gasteiger partial charge in [-0.05, 0) is 25.5 Å². The molecule has 2 rings (SSSR count). The van der Waals surface area contributed by atoms with E-state index in [0.29, 0.717) is 12.1 Å². The largest absolute Gasteiger partial charge is 0.300 e. The molecule has 0 spiro atoms. The molecule has 0 saturated carbocycles. The lowest BCUT2D eigenvalue weighted by atomic mass is 10.2. The van der Waals surface area contributed by atoms with Gasteiger partial charge in [0.05, 0.1) is 10.4 Å². The van der Waals surface area contributed by atoms with Crippen LogP contribution >= 0.6 is 34.3 Å². The van der Waals surface area contributed by atoms with E-state index >= 15 is 0 Å². The van der Waals surface area contributed by atoms with Crippen LogP contribution in [-0.2, 0) is 0 Å². The lowest BCUT2D eigenvalue weighted by Gasteiger charge is -2.19. The van der Waals surface area contributed by atoms with E-state index in [9.17, 15) is 0 Å². The van der Waals surface area contributed by atoms with E-state index in [-0.39, 0.29) is 0 Å². The van der Waals surface area contributed by atoms with Gasteiger partial charge in [-0.1, -0.05) is 18.5 Å². The first kappa shape index (κ1) is 13.0. The SMILES string of the molecule is CCC(NC(C)c1ccc(Cl)s1)c1nccs1. The van der Waals surface area contributed by atoms with Crippen LogP contribution in [0.15, 0.2) is 23.7 Å². The fourth-order valence-corrected chi connectivity index (χ4v) is 3.57. The molecule has 2 atom stereocenters. The van der Waals surface area contributed by atoms with Crippen LogP contribution in [0.25, 0.3) is 0 Å². The summed E-state index contributed by atoms with van der Waals surface area (Å²) in [5.74, 6) is 0. The summed E-state index contributed by atoms with van der Waals surface area (Å²) in [6, 6.07) is 4.66. The summed E-state index contributed by atoms with van der Waals surface area (Å²) in [7, 11) is 0. The minimum Gasteiger partial charge on any atom is -0.300 e. The van der Waals surface area contributed by atoms with Crippen molar-refractivity contribution >= 4 is 34.3 Å². The molecular weight excluding hydrogens is 272 g/mol. The molecule has 0 aliphatic rings. The Morgan fingerprint density at radius 3 is 2.82 bits per heavy atom. The fourth-order valence-electron chi connectivity index (χ4n) is 1.72. The van der Waals surface area contributed by atoms with E-state index in [1.807, 2.05) is 17.6 Å². The van der Waals surface area contributed by atoms with Crippen LogP contribution in [0.1, 0.15) is 42.2 Å². The van der Waals surface area contributed by atoms with Crippen molar-refractivity contribution in [1.82, 2.24) is 10.3 Å². The van der Waals surface area contributed by atoms with Crippen molar-refractivity contribution in [2.24, 2.45) is 0 Å². The standard InChI is InChI=1S/C12H15ClN2S2/c1-3-9(12-14-6-7-16-12)15-8(2)10-4-5-11(13)17-10/h4-9,15H,3H2,1-2H3. The van der Waals surface area contributed by atoms with Gasteiger partial charge in [-0.3, -0.25) is 0 Å². The first-order valence-electron chi connectivity index (χ1n) is 5.61. The molecule has 0 fully saturated rings. The number of rotatable bonds is 5. The second kappa shape index (κ2) is 5.96. The Morgan fingerprint density at radius 2 is 2.29 bits per heavy atom. The van der Waals surface area contributed by atoms with Crippen molar-refractivity contribution in [3.63, 3.8) is 0 Å². The van der Waals surface area contributed by atoms with Gasteiger partial charge < -0.3 is 5.32 Å². The Hall–Kier alpha value is -0.420. The van der Waals surface area contributed by atoms with Gasteiger partial charge in [0.2, 0.25) is 0 Å². The molecule has 2 nitrogen and oxygen atoms in total. The highest BCUT2D eigenvalue weighted by atomic mass is 35.5. The molecule has 1 N–H and O–H groups in total. The number of nitrogens with one attached hydrogen (secondary N) is 1. The predicted octanol–water partition coefficient (Wildman–Crippen LogP) is 4.66. The number of thiophene rings is 1. The quantitative estimate of drug-likeness (QED) is 0.865. The Bertz CT molecular complexity index is 453. The highest BCUT2D eigenvalue weighted by Crippen LogP contribution is 2.29. The van der Waals surface area contributed by atoms with Crippen molar-refractivity contribution in [2.75, 3.05) is 0 Å². The summed E-state index contributed by atoms with van der Waals surface area (Å²) >= 11 is 9.29. The van der Waals surface area contributed by atoms with Gasteiger partial charge in [0, 0.05) is 22.5 Å². The van der Waals surface area contributed by atoms with Gasteiger partial charge in [-0.2, -0.15) is 0 Å². The minimum absolute atomic E-state index is 0.307. The lowest BCUT2D eigenvalue weighted by molar-refractivity contribution is 0.459. The topological polar surface area (TPSA) is 24.9 Å². The second-order valence-electron chi connectivity index (χ2n) is 3.86. The molecular formula is C12H15ClN2S2. The number of halogens is 1. The zero-order chi connectivity index (χ0) is 12.3. The number of nitrogens with zero attached hydrogens (tertiary/aromatic N) is 1. The lowest BCUT2D eigenvalue weighted by Crippen LogP contribution is -2.23. The van der Waals surface area contributed by atoms with Crippen LogP contribution < -0.4 is 5.32 Å². The molecule has 0 aromatic carbocycles. The Morgan fingerprint density at radius 1 is 1.47 bits per heavy atom. The average molecular weight is 287 g/mol. The fraction of sp³-hybridized carbons (Fsp3) is 0.417. The van der Waals surface area contributed by atoms with E-state index in [0.717, 1.165) is 15.8 Å². The molecule has 0 bridgehead atoms. The van der Waals surface area contributed by atoms with Crippen molar-refractivity contribution in [3.05, 3.63) is 37.9 Å². The zero-order valence-corrected chi connectivity index (χ0v) is 12.2. The molecule has 2 heterocycles. The summed E-state index contributed by atoms with van der Waals surface area (Å²) in [6.07, 6.45) is 2.90. The Balaban J connectivity index is 2.04. The van der Waals surface area contributed by atoms with Gasteiger partial charge in [0.15, 0.2) is 0 Å². The van der Waals surface area contributed by atoms with E-state index in [1.165, 1.54) is 4.88 Å². The van der Waals surface area contributed by atoms with Gasteiger partial charge in [0.1, 0.15) is 5.01 Å². The third-order valence-corrected chi connectivity index (χ3v) is 4.93. The van der Waals surface area contributed by atoms with Gasteiger partial charge in [0.25, 0.3) is 0 Å². The third kappa shape index (κ3) is 3.28. The van der Waals surface area contributed by atoms with Crippen molar-refractivity contribution < 1.29 is 0 Å². The van der Waals surface area contributed by atoms with E-state index in [2.05, 4.69) is 30.2 Å². The molecule has 0 saturated heterocycles. The number of thiazole rings is 1. The van der Waals surface area contributed by atoms with Crippen molar-refractivity contribution in [3.8, 4) is 0 Å². The zero-order valence-electron chi connectivity index (χ0n) is 9.81. The first-order valence-corrected chi connectivity index (χ1v) is 7.68. The molecule has 92 valence electrons. The summed E-state index contributed by atoms with van der Waals surface area (Å²) in [5, 5.41) is 6.77. The summed E-state index contributed by atoms with van der Waals surface area (Å²) < 4.78 is 0.843. The molecule has 5 heteroatoms.